The van der Waals surface area contributed by atoms with Crippen LogP contribution in [0.25, 0.3) is 0 Å². The highest BCUT2D eigenvalue weighted by Gasteiger charge is 2.11. The lowest BCUT2D eigenvalue weighted by atomic mass is 10.1. The van der Waals surface area contributed by atoms with Crippen LogP contribution < -0.4 is 10.6 Å². The molecule has 2 amide bonds. The lowest BCUT2D eigenvalue weighted by Crippen LogP contribution is -2.36. The van der Waals surface area contributed by atoms with Crippen molar-refractivity contribution >= 4 is 17.6 Å². The summed E-state index contributed by atoms with van der Waals surface area (Å²) >= 11 is 6.09. The van der Waals surface area contributed by atoms with E-state index in [1.807, 2.05) is 43.3 Å². The minimum absolute atomic E-state index is 0.160. The monoisotopic (exact) mass is 289 g/mol. The van der Waals surface area contributed by atoms with Gasteiger partial charge in [0.1, 0.15) is 0 Å². The van der Waals surface area contributed by atoms with Crippen LogP contribution in [0, 0.1) is 0 Å². The van der Waals surface area contributed by atoms with Gasteiger partial charge in [0.15, 0.2) is 0 Å². The summed E-state index contributed by atoms with van der Waals surface area (Å²) in [5, 5.41) is 6.25. The summed E-state index contributed by atoms with van der Waals surface area (Å²) in [6.45, 7) is 2.28. The molecule has 0 saturated carbocycles. The molecule has 104 valence electrons. The van der Waals surface area contributed by atoms with Gasteiger partial charge in [0.2, 0.25) is 0 Å². The Morgan fingerprint density at radius 1 is 1.25 bits per heavy atom. The van der Waals surface area contributed by atoms with Gasteiger partial charge >= 0.3 is 6.03 Å². The summed E-state index contributed by atoms with van der Waals surface area (Å²) < 4.78 is 0. The van der Waals surface area contributed by atoms with E-state index >= 15 is 0 Å². The molecule has 0 unspecified atom stereocenters. The standard InChI is InChI=1S/C15H16ClN3O/c1-11(13-7-2-3-8-14(13)16)19-15(20)18-10-12-6-4-5-9-17-12/h2-9,11H,10H2,1H3,(H2,18,19,20)/t11-/m1/s1. The van der Waals surface area contributed by atoms with Crippen molar-refractivity contribution in [1.29, 1.82) is 0 Å². The van der Waals surface area contributed by atoms with Crippen LogP contribution in [0.15, 0.2) is 48.7 Å². The lowest BCUT2D eigenvalue weighted by molar-refractivity contribution is 0.237. The lowest BCUT2D eigenvalue weighted by Gasteiger charge is -2.16. The first-order chi connectivity index (χ1) is 9.66. The number of urea groups is 1. The Morgan fingerprint density at radius 2 is 2.00 bits per heavy atom. The molecule has 2 N–H and O–H groups in total. The van der Waals surface area contributed by atoms with E-state index in [0.29, 0.717) is 11.6 Å². The van der Waals surface area contributed by atoms with Crippen molar-refractivity contribution in [2.24, 2.45) is 0 Å². The van der Waals surface area contributed by atoms with Gasteiger partial charge in [0, 0.05) is 11.2 Å². The molecule has 2 aromatic rings. The maximum atomic E-state index is 11.8. The van der Waals surface area contributed by atoms with Crippen molar-refractivity contribution in [2.75, 3.05) is 0 Å². The molecule has 0 aliphatic rings. The first-order valence-corrected chi connectivity index (χ1v) is 6.73. The minimum Gasteiger partial charge on any atom is -0.332 e. The van der Waals surface area contributed by atoms with Crippen molar-refractivity contribution < 1.29 is 4.79 Å². The third-order valence-corrected chi connectivity index (χ3v) is 3.22. The van der Waals surface area contributed by atoms with Crippen LogP contribution in [0.2, 0.25) is 5.02 Å². The van der Waals surface area contributed by atoms with E-state index in [1.165, 1.54) is 0 Å². The van der Waals surface area contributed by atoms with Gasteiger partial charge in [-0.1, -0.05) is 35.9 Å². The molecule has 4 nitrogen and oxygen atoms in total. The number of nitrogens with zero attached hydrogens (tertiary/aromatic N) is 1. The second-order valence-electron chi connectivity index (χ2n) is 4.39. The summed E-state index contributed by atoms with van der Waals surface area (Å²) in [5.41, 5.74) is 1.70. The SMILES string of the molecule is C[C@@H](NC(=O)NCc1ccccn1)c1ccccc1Cl. The Kier molecular flexibility index (Phi) is 4.96. The van der Waals surface area contributed by atoms with E-state index in [1.54, 1.807) is 12.3 Å². The minimum atomic E-state index is -0.247. The summed E-state index contributed by atoms with van der Waals surface area (Å²) in [7, 11) is 0. The molecule has 0 spiro atoms. The number of carbonyl (C=O) groups is 1. The molecule has 20 heavy (non-hydrogen) atoms. The van der Waals surface area contributed by atoms with E-state index in [0.717, 1.165) is 11.3 Å². The highest BCUT2D eigenvalue weighted by Crippen LogP contribution is 2.21. The van der Waals surface area contributed by atoms with Crippen molar-refractivity contribution in [2.45, 2.75) is 19.5 Å². The van der Waals surface area contributed by atoms with Gasteiger partial charge in [-0.15, -0.1) is 0 Å². The van der Waals surface area contributed by atoms with Crippen molar-refractivity contribution in [1.82, 2.24) is 15.6 Å². The third kappa shape index (κ3) is 3.96. The molecular weight excluding hydrogens is 274 g/mol. The average Bonchev–Trinajstić information content (AvgIpc) is 2.46. The second kappa shape index (κ2) is 6.91. The van der Waals surface area contributed by atoms with Crippen LogP contribution in [-0.2, 0) is 6.54 Å². The third-order valence-electron chi connectivity index (χ3n) is 2.88. The molecule has 1 atom stereocenters. The maximum Gasteiger partial charge on any atom is 0.315 e. The Hall–Kier alpha value is -2.07. The number of benzene rings is 1. The first-order valence-electron chi connectivity index (χ1n) is 6.35. The number of pyridine rings is 1. The maximum absolute atomic E-state index is 11.8. The van der Waals surface area contributed by atoms with Gasteiger partial charge < -0.3 is 10.6 Å². The highest BCUT2D eigenvalue weighted by molar-refractivity contribution is 6.31. The molecule has 0 aliphatic carbocycles. The molecule has 0 saturated heterocycles. The van der Waals surface area contributed by atoms with Crippen LogP contribution in [-0.4, -0.2) is 11.0 Å². The van der Waals surface area contributed by atoms with Crippen molar-refractivity contribution in [3.63, 3.8) is 0 Å². The fourth-order valence-corrected chi connectivity index (χ4v) is 2.12. The fourth-order valence-electron chi connectivity index (χ4n) is 1.83. The number of amides is 2. The quantitative estimate of drug-likeness (QED) is 0.907. The molecule has 2 rings (SSSR count). The van der Waals surface area contributed by atoms with Gasteiger partial charge in [-0.3, -0.25) is 4.98 Å². The number of carbonyl (C=O) groups excluding carboxylic acids is 1. The van der Waals surface area contributed by atoms with E-state index in [9.17, 15) is 4.79 Å². The number of hydrogen-bond donors (Lipinski definition) is 2. The molecule has 0 bridgehead atoms. The smallest absolute Gasteiger partial charge is 0.315 e. The van der Waals surface area contributed by atoms with E-state index in [4.69, 9.17) is 11.6 Å². The molecule has 0 radical (unpaired) electrons. The van der Waals surface area contributed by atoms with Crippen LogP contribution in [0.3, 0.4) is 0 Å². The Labute approximate surface area is 123 Å². The predicted molar refractivity (Wildman–Crippen MR) is 79.5 cm³/mol. The number of rotatable bonds is 4. The van der Waals surface area contributed by atoms with E-state index in [2.05, 4.69) is 15.6 Å². The van der Waals surface area contributed by atoms with Gasteiger partial charge in [0.05, 0.1) is 18.3 Å². The number of aromatic nitrogens is 1. The van der Waals surface area contributed by atoms with Gasteiger partial charge in [-0.05, 0) is 30.7 Å². The van der Waals surface area contributed by atoms with Gasteiger partial charge in [-0.2, -0.15) is 0 Å². The summed E-state index contributed by atoms with van der Waals surface area (Å²) in [5.74, 6) is 0. The zero-order chi connectivity index (χ0) is 14.4. The zero-order valence-corrected chi connectivity index (χ0v) is 11.9. The zero-order valence-electron chi connectivity index (χ0n) is 11.1. The van der Waals surface area contributed by atoms with Crippen molar-refractivity contribution in [3.05, 3.63) is 64.9 Å². The van der Waals surface area contributed by atoms with Crippen LogP contribution in [0.1, 0.15) is 24.2 Å². The van der Waals surface area contributed by atoms with Crippen LogP contribution in [0.5, 0.6) is 0 Å². The number of halogens is 1. The normalized spacial score (nSPS) is 11.7. The molecule has 0 fully saturated rings. The Morgan fingerprint density at radius 3 is 2.70 bits per heavy atom. The number of nitrogens with one attached hydrogen (secondary N) is 2. The molecule has 0 aliphatic heterocycles. The van der Waals surface area contributed by atoms with E-state index in [-0.39, 0.29) is 12.1 Å². The Bertz CT molecular complexity index is 574. The summed E-state index contributed by atoms with van der Waals surface area (Å²) in [6.07, 6.45) is 1.70. The summed E-state index contributed by atoms with van der Waals surface area (Å²) in [4.78, 5) is 16.0. The molecule has 1 aromatic carbocycles. The Balaban J connectivity index is 1.87. The number of hydrogen-bond acceptors (Lipinski definition) is 2. The van der Waals surface area contributed by atoms with Gasteiger partial charge in [0.25, 0.3) is 0 Å². The van der Waals surface area contributed by atoms with E-state index < -0.39 is 0 Å². The molecule has 1 heterocycles. The van der Waals surface area contributed by atoms with Crippen LogP contribution >= 0.6 is 11.6 Å². The molecule has 5 heteroatoms. The predicted octanol–water partition coefficient (Wildman–Crippen LogP) is 3.30. The topological polar surface area (TPSA) is 54.0 Å². The summed E-state index contributed by atoms with van der Waals surface area (Å²) in [6, 6.07) is 12.6. The largest absolute Gasteiger partial charge is 0.332 e. The fraction of sp³-hybridized carbons (Fsp3) is 0.200. The molecule has 1 aromatic heterocycles. The van der Waals surface area contributed by atoms with Crippen molar-refractivity contribution in [3.8, 4) is 0 Å². The second-order valence-corrected chi connectivity index (χ2v) is 4.80. The van der Waals surface area contributed by atoms with Crippen LogP contribution in [0.4, 0.5) is 4.79 Å². The highest BCUT2D eigenvalue weighted by atomic mass is 35.5. The van der Waals surface area contributed by atoms with Gasteiger partial charge in [-0.25, -0.2) is 4.79 Å². The molecular formula is C15H16ClN3O. The first kappa shape index (κ1) is 14.3. The average molecular weight is 290 g/mol.